The van der Waals surface area contributed by atoms with E-state index in [0.717, 1.165) is 46.9 Å². The molecule has 152 valence electrons. The summed E-state index contributed by atoms with van der Waals surface area (Å²) in [6.45, 7) is 2.68. The van der Waals surface area contributed by atoms with Crippen LogP contribution in [0.4, 0.5) is 0 Å². The molecule has 0 saturated carbocycles. The predicted octanol–water partition coefficient (Wildman–Crippen LogP) is 3.64. The van der Waals surface area contributed by atoms with Gasteiger partial charge in [0.2, 0.25) is 12.3 Å². The number of aromatic nitrogens is 2. The second kappa shape index (κ2) is 8.21. The molecule has 1 aromatic heterocycles. The lowest BCUT2D eigenvalue weighted by Gasteiger charge is -2.28. The summed E-state index contributed by atoms with van der Waals surface area (Å²) >= 11 is 0. The number of rotatable bonds is 7. The van der Waals surface area contributed by atoms with E-state index in [1.54, 1.807) is 0 Å². The normalized spacial score (nSPS) is 17.7. The third-order valence-corrected chi connectivity index (χ3v) is 5.73. The lowest BCUT2D eigenvalue weighted by atomic mass is 10.0. The molecule has 29 heavy (non-hydrogen) atoms. The summed E-state index contributed by atoms with van der Waals surface area (Å²) in [4.78, 5) is 34.1. The maximum Gasteiger partial charge on any atom is 0.233 e. The fourth-order valence-corrected chi connectivity index (χ4v) is 4.33. The summed E-state index contributed by atoms with van der Waals surface area (Å²) in [6, 6.07) is 12.2. The van der Waals surface area contributed by atoms with Crippen molar-refractivity contribution in [2.45, 2.75) is 38.6 Å². The number of carbonyl (C=O) groups excluding carboxylic acids is 2. The van der Waals surface area contributed by atoms with Gasteiger partial charge in [0, 0.05) is 6.54 Å². The van der Waals surface area contributed by atoms with Gasteiger partial charge in [-0.3, -0.25) is 14.8 Å². The molecule has 2 unspecified atom stereocenters. The molecule has 2 amide bonds. The quantitative estimate of drug-likeness (QED) is 0.364. The topological polar surface area (TPSA) is 89.5 Å². The van der Waals surface area contributed by atoms with E-state index in [-0.39, 0.29) is 18.5 Å². The van der Waals surface area contributed by atoms with E-state index in [1.807, 2.05) is 24.0 Å². The molecule has 1 fully saturated rings. The number of aromatic amines is 1. The number of likely N-dealkylation sites (tertiary alicyclic amines) is 1. The number of nitrogens with zero attached hydrogens (tertiary/aromatic N) is 3. The number of carbonyl (C=O) groups is 2. The van der Waals surface area contributed by atoms with Crippen LogP contribution < -0.4 is 0 Å². The Hall–Kier alpha value is -2.93. The first-order valence-corrected chi connectivity index (χ1v) is 10.2. The number of amides is 2. The Morgan fingerprint density at radius 1 is 1.38 bits per heavy atom. The van der Waals surface area contributed by atoms with Crippen molar-refractivity contribution >= 4 is 34.1 Å². The van der Waals surface area contributed by atoms with E-state index in [4.69, 9.17) is 4.98 Å². The molecule has 1 saturated heterocycles. The fourth-order valence-electron chi connectivity index (χ4n) is 4.33. The highest BCUT2D eigenvalue weighted by molar-refractivity contribution is 5.95. The summed E-state index contributed by atoms with van der Waals surface area (Å²) < 4.78 is 0. The Kier molecular flexibility index (Phi) is 5.49. The predicted molar refractivity (Wildman–Crippen MR) is 110 cm³/mol. The molecule has 0 spiro atoms. The first-order valence-electron chi connectivity index (χ1n) is 10.2. The zero-order valence-corrected chi connectivity index (χ0v) is 16.5. The van der Waals surface area contributed by atoms with E-state index >= 15 is 0 Å². The number of hydroxylamine groups is 2. The van der Waals surface area contributed by atoms with Crippen molar-refractivity contribution in [3.8, 4) is 0 Å². The lowest BCUT2D eigenvalue weighted by Crippen LogP contribution is -2.40. The standard InChI is InChI=1S/C22H26N4O3/c1-2-6-17(13-25(29)14-27)22(28)26-10-5-9-20(26)21-23-18-11-15-7-3-4-8-16(15)12-19(18)24-21/h3-4,7-8,11-12,14,17,20,29H,2,5-6,9-10,13H2,1H3,(H,23,24). The third kappa shape index (κ3) is 3.82. The summed E-state index contributed by atoms with van der Waals surface area (Å²) in [5, 5.41) is 12.4. The van der Waals surface area contributed by atoms with Crippen LogP contribution in [0.15, 0.2) is 36.4 Å². The number of fused-ring (bicyclic) bond motifs is 2. The van der Waals surface area contributed by atoms with E-state index in [2.05, 4.69) is 29.2 Å². The molecule has 2 N–H and O–H groups in total. The summed E-state index contributed by atoms with van der Waals surface area (Å²) in [5.41, 5.74) is 1.86. The van der Waals surface area contributed by atoms with Crippen LogP contribution in [0.3, 0.4) is 0 Å². The number of imidazole rings is 1. The Balaban J connectivity index is 1.62. The molecule has 2 aromatic carbocycles. The molecule has 0 bridgehead atoms. The van der Waals surface area contributed by atoms with Crippen molar-refractivity contribution in [2.24, 2.45) is 5.92 Å². The second-order valence-electron chi connectivity index (χ2n) is 7.74. The van der Waals surface area contributed by atoms with Crippen molar-refractivity contribution in [3.63, 3.8) is 0 Å². The molecule has 2 heterocycles. The highest BCUT2D eigenvalue weighted by Crippen LogP contribution is 2.34. The molecule has 1 aliphatic rings. The van der Waals surface area contributed by atoms with Crippen molar-refractivity contribution in [3.05, 3.63) is 42.2 Å². The largest absolute Gasteiger partial charge is 0.340 e. The highest BCUT2D eigenvalue weighted by Gasteiger charge is 2.35. The monoisotopic (exact) mass is 394 g/mol. The third-order valence-electron chi connectivity index (χ3n) is 5.73. The van der Waals surface area contributed by atoms with Crippen LogP contribution in [0.25, 0.3) is 21.8 Å². The first-order chi connectivity index (χ1) is 14.1. The van der Waals surface area contributed by atoms with Gasteiger partial charge in [-0.2, -0.15) is 0 Å². The summed E-state index contributed by atoms with van der Waals surface area (Å²) in [7, 11) is 0. The second-order valence-corrected chi connectivity index (χ2v) is 7.74. The van der Waals surface area contributed by atoms with E-state index in [1.165, 1.54) is 0 Å². The van der Waals surface area contributed by atoms with Gasteiger partial charge < -0.3 is 9.88 Å². The van der Waals surface area contributed by atoms with Crippen molar-refractivity contribution in [1.82, 2.24) is 19.9 Å². The molecule has 4 rings (SSSR count). The Morgan fingerprint density at radius 3 is 2.86 bits per heavy atom. The summed E-state index contributed by atoms with van der Waals surface area (Å²) in [5.74, 6) is 0.358. The Labute approximate surface area is 169 Å². The van der Waals surface area contributed by atoms with Crippen LogP contribution in [-0.4, -0.2) is 50.5 Å². The SMILES string of the molecule is CCCC(CN(O)C=O)C(=O)N1CCCC1c1nc2cc3ccccc3cc2[nH]1. The number of hydrogen-bond acceptors (Lipinski definition) is 4. The van der Waals surface area contributed by atoms with Crippen LogP contribution >= 0.6 is 0 Å². The smallest absolute Gasteiger partial charge is 0.233 e. The van der Waals surface area contributed by atoms with Gasteiger partial charge in [0.1, 0.15) is 5.82 Å². The summed E-state index contributed by atoms with van der Waals surface area (Å²) in [6.07, 6.45) is 3.53. The number of benzene rings is 2. The van der Waals surface area contributed by atoms with E-state index in [0.29, 0.717) is 24.4 Å². The lowest BCUT2D eigenvalue weighted by molar-refractivity contribution is -0.157. The molecule has 3 aromatic rings. The molecule has 0 radical (unpaired) electrons. The highest BCUT2D eigenvalue weighted by atomic mass is 16.5. The van der Waals surface area contributed by atoms with Gasteiger partial charge in [-0.15, -0.1) is 0 Å². The fraction of sp³-hybridized carbons (Fsp3) is 0.409. The molecular weight excluding hydrogens is 368 g/mol. The Bertz CT molecular complexity index is 979. The minimum Gasteiger partial charge on any atom is -0.340 e. The van der Waals surface area contributed by atoms with Gasteiger partial charge in [-0.05, 0) is 42.2 Å². The van der Waals surface area contributed by atoms with Crippen LogP contribution in [-0.2, 0) is 9.59 Å². The number of nitrogens with one attached hydrogen (secondary N) is 1. The molecule has 1 aliphatic heterocycles. The van der Waals surface area contributed by atoms with Crippen LogP contribution in [0, 0.1) is 5.92 Å². The maximum absolute atomic E-state index is 13.2. The molecular formula is C22H26N4O3. The van der Waals surface area contributed by atoms with Gasteiger partial charge in [0.15, 0.2) is 0 Å². The Morgan fingerprint density at radius 2 is 2.14 bits per heavy atom. The molecule has 7 nitrogen and oxygen atoms in total. The number of H-pyrrole nitrogens is 1. The van der Waals surface area contributed by atoms with Gasteiger partial charge in [0.25, 0.3) is 0 Å². The van der Waals surface area contributed by atoms with Crippen molar-refractivity contribution < 1.29 is 14.8 Å². The zero-order valence-electron chi connectivity index (χ0n) is 16.5. The van der Waals surface area contributed by atoms with Gasteiger partial charge in [-0.25, -0.2) is 10.0 Å². The van der Waals surface area contributed by atoms with E-state index in [9.17, 15) is 14.8 Å². The van der Waals surface area contributed by atoms with E-state index < -0.39 is 5.92 Å². The van der Waals surface area contributed by atoms with Crippen LogP contribution in [0.2, 0.25) is 0 Å². The van der Waals surface area contributed by atoms with Crippen LogP contribution in [0.5, 0.6) is 0 Å². The van der Waals surface area contributed by atoms with Gasteiger partial charge >= 0.3 is 0 Å². The molecule has 0 aliphatic carbocycles. The first kappa shape index (κ1) is 19.4. The van der Waals surface area contributed by atoms with Gasteiger partial charge in [-0.1, -0.05) is 37.6 Å². The molecule has 2 atom stereocenters. The van der Waals surface area contributed by atoms with Crippen molar-refractivity contribution in [2.75, 3.05) is 13.1 Å². The van der Waals surface area contributed by atoms with Crippen molar-refractivity contribution in [1.29, 1.82) is 0 Å². The van der Waals surface area contributed by atoms with Gasteiger partial charge in [0.05, 0.1) is 29.5 Å². The zero-order chi connectivity index (χ0) is 20.4. The average molecular weight is 394 g/mol. The minimum atomic E-state index is -0.414. The molecule has 7 heteroatoms. The van der Waals surface area contributed by atoms with Crippen LogP contribution in [0.1, 0.15) is 44.5 Å². The maximum atomic E-state index is 13.2. The minimum absolute atomic E-state index is 0.0188. The number of hydrogen-bond donors (Lipinski definition) is 2. The average Bonchev–Trinajstić information content (AvgIpc) is 3.37.